The lowest BCUT2D eigenvalue weighted by atomic mass is 9.80. The topological polar surface area (TPSA) is 94.1 Å². The second kappa shape index (κ2) is 7.29. The van der Waals surface area contributed by atoms with Gasteiger partial charge in [-0.15, -0.1) is 0 Å². The Hall–Kier alpha value is -2.96. The van der Waals surface area contributed by atoms with Gasteiger partial charge in [-0.2, -0.15) is 0 Å². The lowest BCUT2D eigenvalue weighted by Crippen LogP contribution is -2.32. The molecule has 0 aromatic heterocycles. The van der Waals surface area contributed by atoms with Crippen LogP contribution in [0.15, 0.2) is 40.7 Å². The largest absolute Gasteiger partial charge is 0.504 e. The van der Waals surface area contributed by atoms with Crippen molar-refractivity contribution in [2.75, 3.05) is 21.3 Å². The van der Waals surface area contributed by atoms with Gasteiger partial charge in [0.2, 0.25) is 0 Å². The van der Waals surface area contributed by atoms with Crippen molar-refractivity contribution in [3.63, 3.8) is 0 Å². The van der Waals surface area contributed by atoms with Crippen LogP contribution >= 0.6 is 0 Å². The summed E-state index contributed by atoms with van der Waals surface area (Å²) in [6.07, 6.45) is 0. The van der Waals surface area contributed by atoms with Crippen molar-refractivity contribution in [3.8, 4) is 11.5 Å². The second-order valence-electron chi connectivity index (χ2n) is 5.55. The fraction of sp³-hybridized carbons (Fsp3) is 0.333. The van der Waals surface area contributed by atoms with Crippen LogP contribution in [0.3, 0.4) is 0 Å². The third kappa shape index (κ3) is 3.31. The first-order valence-corrected chi connectivity index (χ1v) is 7.57. The van der Waals surface area contributed by atoms with Gasteiger partial charge in [0.25, 0.3) is 0 Å². The van der Waals surface area contributed by atoms with E-state index in [0.717, 1.165) is 0 Å². The summed E-state index contributed by atoms with van der Waals surface area (Å²) in [7, 11) is 3.98. The Bertz CT molecular complexity index is 740. The number of aromatic hydroxyl groups is 1. The van der Waals surface area contributed by atoms with Crippen LogP contribution < -0.4 is 10.1 Å². The maximum Gasteiger partial charge on any atom is 0.336 e. The van der Waals surface area contributed by atoms with E-state index < -0.39 is 17.9 Å². The van der Waals surface area contributed by atoms with Crippen molar-refractivity contribution < 1.29 is 28.9 Å². The summed E-state index contributed by atoms with van der Waals surface area (Å²) >= 11 is 0. The number of esters is 2. The van der Waals surface area contributed by atoms with Crippen molar-refractivity contribution in [2.45, 2.75) is 19.8 Å². The van der Waals surface area contributed by atoms with E-state index in [4.69, 9.17) is 14.2 Å². The zero-order valence-corrected chi connectivity index (χ0v) is 14.8. The zero-order valence-electron chi connectivity index (χ0n) is 14.8. The van der Waals surface area contributed by atoms with Gasteiger partial charge < -0.3 is 24.6 Å². The number of allylic oxidation sites excluding steroid dienone is 2. The van der Waals surface area contributed by atoms with Gasteiger partial charge in [0, 0.05) is 11.4 Å². The summed E-state index contributed by atoms with van der Waals surface area (Å²) in [5, 5.41) is 13.1. The number of phenols is 1. The van der Waals surface area contributed by atoms with Crippen molar-refractivity contribution in [1.29, 1.82) is 0 Å². The van der Waals surface area contributed by atoms with Crippen LogP contribution in [0.1, 0.15) is 25.3 Å². The van der Waals surface area contributed by atoms with Crippen LogP contribution in [0.2, 0.25) is 0 Å². The number of methoxy groups -OCH3 is 3. The average molecular weight is 347 g/mol. The number of dihydropyridines is 1. The highest BCUT2D eigenvalue weighted by atomic mass is 16.5. The van der Waals surface area contributed by atoms with Crippen molar-refractivity contribution in [1.82, 2.24) is 5.32 Å². The molecule has 0 radical (unpaired) electrons. The van der Waals surface area contributed by atoms with E-state index in [0.29, 0.717) is 22.7 Å². The number of benzene rings is 1. The van der Waals surface area contributed by atoms with Crippen LogP contribution in [0, 0.1) is 0 Å². The highest BCUT2D eigenvalue weighted by Crippen LogP contribution is 2.41. The predicted molar refractivity (Wildman–Crippen MR) is 90.0 cm³/mol. The lowest BCUT2D eigenvalue weighted by Gasteiger charge is -2.30. The molecule has 7 nitrogen and oxygen atoms in total. The summed E-state index contributed by atoms with van der Waals surface area (Å²) in [6.45, 7) is 3.44. The van der Waals surface area contributed by atoms with Gasteiger partial charge in [-0.05, 0) is 31.5 Å². The number of carbonyl (C=O) groups excluding carboxylic acids is 2. The number of hydrogen-bond donors (Lipinski definition) is 2. The third-order valence-electron chi connectivity index (χ3n) is 4.11. The third-order valence-corrected chi connectivity index (χ3v) is 4.11. The fourth-order valence-electron chi connectivity index (χ4n) is 2.97. The van der Waals surface area contributed by atoms with Crippen LogP contribution in [0.5, 0.6) is 11.5 Å². The number of nitrogens with one attached hydrogen (secondary N) is 1. The van der Waals surface area contributed by atoms with E-state index >= 15 is 0 Å². The monoisotopic (exact) mass is 347 g/mol. The van der Waals surface area contributed by atoms with Crippen LogP contribution in [-0.2, 0) is 19.1 Å². The van der Waals surface area contributed by atoms with Crippen molar-refractivity contribution >= 4 is 11.9 Å². The van der Waals surface area contributed by atoms with E-state index in [1.54, 1.807) is 26.0 Å². The molecule has 0 bridgehead atoms. The van der Waals surface area contributed by atoms with Crippen LogP contribution in [0.4, 0.5) is 0 Å². The molecule has 7 heteroatoms. The van der Waals surface area contributed by atoms with Crippen LogP contribution in [0.25, 0.3) is 0 Å². The predicted octanol–water partition coefficient (Wildman–Crippen LogP) is 1.98. The Morgan fingerprint density at radius 1 is 1.00 bits per heavy atom. The quantitative estimate of drug-likeness (QED) is 0.804. The summed E-state index contributed by atoms with van der Waals surface area (Å²) in [5.41, 5.74) is 2.23. The molecule has 0 amide bonds. The normalized spacial score (nSPS) is 14.9. The second-order valence-corrected chi connectivity index (χ2v) is 5.55. The minimum Gasteiger partial charge on any atom is -0.504 e. The minimum absolute atomic E-state index is 0.0951. The van der Waals surface area contributed by atoms with Gasteiger partial charge in [0.1, 0.15) is 0 Å². The van der Waals surface area contributed by atoms with Crippen molar-refractivity contribution in [2.24, 2.45) is 0 Å². The van der Waals surface area contributed by atoms with Gasteiger partial charge in [-0.25, -0.2) is 9.59 Å². The molecular weight excluding hydrogens is 326 g/mol. The van der Waals surface area contributed by atoms with E-state index in [1.807, 2.05) is 0 Å². The van der Waals surface area contributed by atoms with Gasteiger partial charge in [0.05, 0.1) is 38.4 Å². The van der Waals surface area contributed by atoms with E-state index in [9.17, 15) is 14.7 Å². The van der Waals surface area contributed by atoms with E-state index in [2.05, 4.69) is 5.32 Å². The zero-order chi connectivity index (χ0) is 18.7. The molecule has 0 saturated carbocycles. The minimum atomic E-state index is -0.738. The summed E-state index contributed by atoms with van der Waals surface area (Å²) in [6, 6.07) is 4.71. The molecule has 1 aliphatic rings. The van der Waals surface area contributed by atoms with Crippen molar-refractivity contribution in [3.05, 3.63) is 46.3 Å². The Morgan fingerprint density at radius 3 is 1.92 bits per heavy atom. The smallest absolute Gasteiger partial charge is 0.336 e. The molecule has 134 valence electrons. The Balaban J connectivity index is 2.70. The average Bonchev–Trinajstić information content (AvgIpc) is 2.59. The first-order valence-electron chi connectivity index (χ1n) is 7.57. The highest BCUT2D eigenvalue weighted by Gasteiger charge is 2.37. The molecule has 1 aromatic rings. The number of phenolic OH excluding ortho intramolecular Hbond substituents is 1. The maximum atomic E-state index is 12.4. The Morgan fingerprint density at radius 2 is 1.52 bits per heavy atom. The van der Waals surface area contributed by atoms with E-state index in [-0.39, 0.29) is 16.9 Å². The highest BCUT2D eigenvalue weighted by molar-refractivity contribution is 5.99. The number of ether oxygens (including phenoxy) is 3. The number of hydrogen-bond acceptors (Lipinski definition) is 7. The van der Waals surface area contributed by atoms with Crippen LogP contribution in [-0.4, -0.2) is 38.4 Å². The molecular formula is C18H21NO6. The Labute approximate surface area is 145 Å². The summed E-state index contributed by atoms with van der Waals surface area (Å²) in [5.74, 6) is -1.68. The molecule has 1 aromatic carbocycles. The summed E-state index contributed by atoms with van der Waals surface area (Å²) < 4.78 is 14.8. The maximum absolute atomic E-state index is 12.4. The molecule has 0 atom stereocenters. The van der Waals surface area contributed by atoms with Gasteiger partial charge in [0.15, 0.2) is 11.5 Å². The molecule has 0 unspecified atom stereocenters. The Kier molecular flexibility index (Phi) is 5.36. The molecule has 1 heterocycles. The molecule has 2 N–H and O–H groups in total. The molecule has 0 spiro atoms. The molecule has 1 aliphatic heterocycles. The standard InChI is InChI=1S/C18H21NO6/c1-9-14(17(21)24-4)16(15(10(2)19-9)18(22)25-5)11-6-7-13(23-3)12(20)8-11/h6-8,16,19-20H,1-5H3. The lowest BCUT2D eigenvalue weighted by molar-refractivity contribution is -0.137. The summed E-state index contributed by atoms with van der Waals surface area (Å²) in [4.78, 5) is 24.7. The van der Waals surface area contributed by atoms with Gasteiger partial charge >= 0.3 is 11.9 Å². The SMILES string of the molecule is COC(=O)C1=C(C)NC(C)=C(C(=O)OC)C1c1ccc(OC)c(O)c1. The molecule has 0 fully saturated rings. The van der Waals surface area contributed by atoms with E-state index in [1.165, 1.54) is 27.4 Å². The molecule has 0 saturated heterocycles. The number of rotatable bonds is 4. The molecule has 25 heavy (non-hydrogen) atoms. The first-order chi connectivity index (χ1) is 11.8. The van der Waals surface area contributed by atoms with Gasteiger partial charge in [-0.3, -0.25) is 0 Å². The van der Waals surface area contributed by atoms with Gasteiger partial charge in [-0.1, -0.05) is 6.07 Å². The number of carbonyl (C=O) groups is 2. The first kappa shape index (κ1) is 18.4. The molecule has 2 rings (SSSR count). The fourth-order valence-corrected chi connectivity index (χ4v) is 2.97. The molecule has 0 aliphatic carbocycles.